The third-order valence-corrected chi connectivity index (χ3v) is 4.31. The van der Waals surface area contributed by atoms with Gasteiger partial charge in [0.2, 0.25) is 10.0 Å². The maximum atomic E-state index is 13.2. The van der Waals surface area contributed by atoms with Crippen LogP contribution < -0.4 is 10.5 Å². The fourth-order valence-electron chi connectivity index (χ4n) is 2.09. The molecule has 0 aliphatic heterocycles. The molecule has 0 heterocycles. The smallest absolute Gasteiger partial charge is 0.255 e. The topological polar surface area (TPSA) is 89.3 Å². The Hall–Kier alpha value is -2.25. The molecule has 2 rings (SSSR count). The van der Waals surface area contributed by atoms with Gasteiger partial charge < -0.3 is 5.32 Å². The molecule has 0 radical (unpaired) electrons. The quantitative estimate of drug-likeness (QED) is 0.909. The fourth-order valence-corrected chi connectivity index (χ4v) is 2.89. The molecule has 5 nitrogen and oxygen atoms in total. The van der Waals surface area contributed by atoms with Gasteiger partial charge in [0.1, 0.15) is 5.82 Å². The highest BCUT2D eigenvalue weighted by Crippen LogP contribution is 2.20. The zero-order valence-corrected chi connectivity index (χ0v) is 12.9. The molecular weight excluding hydrogens is 307 g/mol. The Kier molecular flexibility index (Phi) is 4.30. The van der Waals surface area contributed by atoms with Gasteiger partial charge in [0.15, 0.2) is 0 Å². The number of nitrogens with one attached hydrogen (secondary N) is 1. The highest BCUT2D eigenvalue weighted by atomic mass is 32.2. The molecule has 0 saturated carbocycles. The summed E-state index contributed by atoms with van der Waals surface area (Å²) in [5.41, 5.74) is 1.27. The molecule has 2 aromatic rings. The maximum absolute atomic E-state index is 13.2. The second-order valence-corrected chi connectivity index (χ2v) is 6.42. The molecule has 116 valence electrons. The fraction of sp³-hybridized carbons (Fsp3) is 0.133. The van der Waals surface area contributed by atoms with Gasteiger partial charge in [-0.1, -0.05) is 6.07 Å². The van der Waals surface area contributed by atoms with E-state index < -0.39 is 15.9 Å². The summed E-state index contributed by atoms with van der Waals surface area (Å²) in [6.07, 6.45) is 0. The van der Waals surface area contributed by atoms with Crippen LogP contribution in [0.3, 0.4) is 0 Å². The molecule has 0 saturated heterocycles. The van der Waals surface area contributed by atoms with E-state index in [1.165, 1.54) is 43.3 Å². The van der Waals surface area contributed by atoms with Crippen LogP contribution in [0.1, 0.15) is 21.5 Å². The van der Waals surface area contributed by atoms with E-state index >= 15 is 0 Å². The molecule has 0 unspecified atom stereocenters. The molecule has 0 bridgehead atoms. The van der Waals surface area contributed by atoms with Gasteiger partial charge in [0.05, 0.1) is 4.90 Å². The van der Waals surface area contributed by atoms with Crippen molar-refractivity contribution in [1.82, 2.24) is 0 Å². The number of halogens is 1. The van der Waals surface area contributed by atoms with E-state index in [9.17, 15) is 17.6 Å². The summed E-state index contributed by atoms with van der Waals surface area (Å²) >= 11 is 0. The van der Waals surface area contributed by atoms with Gasteiger partial charge in [-0.05, 0) is 55.3 Å². The molecule has 3 N–H and O–H groups in total. The molecule has 0 atom stereocenters. The molecule has 0 aliphatic carbocycles. The lowest BCUT2D eigenvalue weighted by Crippen LogP contribution is -2.18. The van der Waals surface area contributed by atoms with Gasteiger partial charge in [-0.2, -0.15) is 0 Å². The molecular formula is C15H15FN2O3S. The molecule has 0 aliphatic rings. The van der Waals surface area contributed by atoms with Crippen molar-refractivity contribution >= 4 is 21.6 Å². The van der Waals surface area contributed by atoms with E-state index in [2.05, 4.69) is 5.32 Å². The number of hydrogen-bond acceptors (Lipinski definition) is 3. The zero-order valence-electron chi connectivity index (χ0n) is 12.1. The first-order valence-electron chi connectivity index (χ1n) is 6.40. The first-order valence-corrected chi connectivity index (χ1v) is 7.94. The minimum atomic E-state index is -3.90. The van der Waals surface area contributed by atoms with Crippen molar-refractivity contribution in [2.45, 2.75) is 18.7 Å². The number of carbonyl (C=O) groups excluding carboxylic acids is 1. The summed E-state index contributed by atoms with van der Waals surface area (Å²) in [5, 5.41) is 7.72. The Morgan fingerprint density at radius 1 is 1.18 bits per heavy atom. The number of nitrogens with two attached hydrogens (primary N) is 1. The van der Waals surface area contributed by atoms with Gasteiger partial charge >= 0.3 is 0 Å². The van der Waals surface area contributed by atoms with Gasteiger partial charge in [0.25, 0.3) is 5.91 Å². The van der Waals surface area contributed by atoms with Crippen LogP contribution in [-0.4, -0.2) is 14.3 Å². The van der Waals surface area contributed by atoms with Crippen LogP contribution in [0, 0.1) is 19.7 Å². The van der Waals surface area contributed by atoms with Crippen molar-refractivity contribution in [3.63, 3.8) is 0 Å². The number of sulfonamides is 1. The Bertz CT molecular complexity index is 848. The molecule has 1 amide bonds. The number of anilines is 1. The first kappa shape index (κ1) is 16.1. The average molecular weight is 322 g/mol. The summed E-state index contributed by atoms with van der Waals surface area (Å²) in [5.74, 6) is -0.862. The largest absolute Gasteiger partial charge is 0.322 e. The van der Waals surface area contributed by atoms with Crippen LogP contribution in [0.2, 0.25) is 0 Å². The van der Waals surface area contributed by atoms with Gasteiger partial charge in [-0.25, -0.2) is 17.9 Å². The molecule has 0 fully saturated rings. The van der Waals surface area contributed by atoms with Crippen LogP contribution in [0.4, 0.5) is 10.1 Å². The highest BCUT2D eigenvalue weighted by molar-refractivity contribution is 7.89. The number of hydrogen-bond donors (Lipinski definition) is 2. The Labute approximate surface area is 128 Å². The number of rotatable bonds is 3. The molecule has 0 spiro atoms. The average Bonchev–Trinajstić information content (AvgIpc) is 2.41. The minimum Gasteiger partial charge on any atom is -0.322 e. The van der Waals surface area contributed by atoms with E-state index in [0.717, 1.165) is 0 Å². The third-order valence-electron chi connectivity index (χ3n) is 3.25. The predicted octanol–water partition coefficient (Wildman–Crippen LogP) is 2.34. The van der Waals surface area contributed by atoms with E-state index in [0.29, 0.717) is 11.3 Å². The Balaban J connectivity index is 2.36. The monoisotopic (exact) mass is 322 g/mol. The molecule has 0 aromatic heterocycles. The van der Waals surface area contributed by atoms with Gasteiger partial charge in [-0.15, -0.1) is 0 Å². The second-order valence-electron chi connectivity index (χ2n) is 4.89. The summed E-state index contributed by atoms with van der Waals surface area (Å²) in [6.45, 7) is 3.09. The normalized spacial score (nSPS) is 11.3. The molecule has 22 heavy (non-hydrogen) atoms. The highest BCUT2D eigenvalue weighted by Gasteiger charge is 2.17. The van der Waals surface area contributed by atoms with Crippen LogP contribution in [-0.2, 0) is 10.0 Å². The first-order chi connectivity index (χ1) is 10.2. The van der Waals surface area contributed by atoms with Crippen molar-refractivity contribution in [3.05, 3.63) is 58.9 Å². The van der Waals surface area contributed by atoms with E-state index in [1.807, 2.05) is 0 Å². The molecule has 2 aromatic carbocycles. The predicted molar refractivity (Wildman–Crippen MR) is 81.6 cm³/mol. The third kappa shape index (κ3) is 3.32. The lowest BCUT2D eigenvalue weighted by molar-refractivity contribution is 0.102. The summed E-state index contributed by atoms with van der Waals surface area (Å²) in [6, 6.07) is 8.44. The number of primary sulfonamides is 1. The van der Waals surface area contributed by atoms with Crippen LogP contribution >= 0.6 is 0 Å². The van der Waals surface area contributed by atoms with Crippen LogP contribution in [0.25, 0.3) is 0 Å². The van der Waals surface area contributed by atoms with E-state index in [4.69, 9.17) is 5.14 Å². The van der Waals surface area contributed by atoms with E-state index in [1.54, 1.807) is 6.92 Å². The number of amides is 1. The van der Waals surface area contributed by atoms with Gasteiger partial charge in [-0.3, -0.25) is 4.79 Å². The van der Waals surface area contributed by atoms with Crippen molar-refractivity contribution in [2.24, 2.45) is 5.14 Å². The maximum Gasteiger partial charge on any atom is 0.255 e. The standard InChI is InChI=1S/C15H15FN2O3S/c1-9-8-11(6-7-13(9)16)18-15(19)12-4-3-5-14(10(12)2)22(17,20)21/h3-8H,1-2H3,(H,18,19)(H2,17,20,21). The lowest BCUT2D eigenvalue weighted by Gasteiger charge is -2.11. The van der Waals surface area contributed by atoms with Crippen LogP contribution in [0.15, 0.2) is 41.3 Å². The van der Waals surface area contributed by atoms with E-state index in [-0.39, 0.29) is 21.8 Å². The summed E-state index contributed by atoms with van der Waals surface area (Å²) in [7, 11) is -3.90. The number of benzene rings is 2. The minimum absolute atomic E-state index is 0.101. The van der Waals surface area contributed by atoms with Crippen molar-refractivity contribution in [2.75, 3.05) is 5.32 Å². The molecule has 7 heteroatoms. The Morgan fingerprint density at radius 2 is 1.86 bits per heavy atom. The lowest BCUT2D eigenvalue weighted by atomic mass is 10.1. The van der Waals surface area contributed by atoms with Crippen molar-refractivity contribution < 1.29 is 17.6 Å². The summed E-state index contributed by atoms with van der Waals surface area (Å²) in [4.78, 5) is 12.2. The number of carbonyl (C=O) groups is 1. The SMILES string of the molecule is Cc1cc(NC(=O)c2cccc(S(N)(=O)=O)c2C)ccc1F. The zero-order chi connectivity index (χ0) is 16.5. The van der Waals surface area contributed by atoms with Gasteiger partial charge in [0, 0.05) is 11.3 Å². The second kappa shape index (κ2) is 5.86. The van der Waals surface area contributed by atoms with Crippen molar-refractivity contribution in [1.29, 1.82) is 0 Å². The van der Waals surface area contributed by atoms with Crippen LogP contribution in [0.5, 0.6) is 0 Å². The summed E-state index contributed by atoms with van der Waals surface area (Å²) < 4.78 is 36.2. The Morgan fingerprint density at radius 3 is 2.45 bits per heavy atom. The van der Waals surface area contributed by atoms with Crippen molar-refractivity contribution in [3.8, 4) is 0 Å². The number of aryl methyl sites for hydroxylation is 1.